The van der Waals surface area contributed by atoms with E-state index < -0.39 is 0 Å². The summed E-state index contributed by atoms with van der Waals surface area (Å²) in [6.07, 6.45) is 1.62. The van der Waals surface area contributed by atoms with E-state index in [1.54, 1.807) is 0 Å². The molecular weight excluding hydrogens is 240 g/mol. The molecule has 1 aromatic heterocycles. The number of aromatic nitrogens is 1. The van der Waals surface area contributed by atoms with Crippen LogP contribution in [0.1, 0.15) is 30.6 Å². The fourth-order valence-electron chi connectivity index (χ4n) is 2.94. The largest absolute Gasteiger partial charge is 0.468 e. The van der Waals surface area contributed by atoms with Crippen molar-refractivity contribution in [3.05, 3.63) is 35.5 Å². The lowest BCUT2D eigenvalue weighted by atomic mass is 9.93. The number of carbonyl (C=O) groups is 1. The molecule has 0 saturated carbocycles. The van der Waals surface area contributed by atoms with Crippen LogP contribution in [0.15, 0.2) is 24.3 Å². The summed E-state index contributed by atoms with van der Waals surface area (Å²) >= 11 is 0. The highest BCUT2D eigenvalue weighted by Gasteiger charge is 2.32. The number of carbonyl (C=O) groups excluding carboxylic acids is 1. The maximum atomic E-state index is 11.8. The number of H-pyrrole nitrogens is 1. The lowest BCUT2D eigenvalue weighted by molar-refractivity contribution is -0.143. The molecular formula is C15H18N2O2. The molecule has 0 radical (unpaired) electrons. The van der Waals surface area contributed by atoms with Crippen LogP contribution in [-0.4, -0.2) is 24.1 Å². The summed E-state index contributed by atoms with van der Waals surface area (Å²) in [6, 6.07) is 8.18. The molecule has 2 atom stereocenters. The zero-order chi connectivity index (χ0) is 13.4. The first-order valence-electron chi connectivity index (χ1n) is 6.68. The first-order valence-corrected chi connectivity index (χ1v) is 6.68. The molecule has 1 aromatic carbocycles. The molecule has 0 unspecified atom stereocenters. The predicted octanol–water partition coefficient (Wildman–Crippen LogP) is 2.31. The minimum Gasteiger partial charge on any atom is -0.468 e. The van der Waals surface area contributed by atoms with Crippen molar-refractivity contribution in [2.75, 3.05) is 7.11 Å². The summed E-state index contributed by atoms with van der Waals surface area (Å²) in [4.78, 5) is 15.3. The van der Waals surface area contributed by atoms with E-state index in [-0.39, 0.29) is 18.1 Å². The maximum Gasteiger partial charge on any atom is 0.323 e. The van der Waals surface area contributed by atoms with Crippen LogP contribution < -0.4 is 5.32 Å². The van der Waals surface area contributed by atoms with Gasteiger partial charge in [0.1, 0.15) is 6.04 Å². The molecule has 2 heterocycles. The van der Waals surface area contributed by atoms with Crippen LogP contribution in [0.4, 0.5) is 0 Å². The third-order valence-electron chi connectivity index (χ3n) is 3.90. The summed E-state index contributed by atoms with van der Waals surface area (Å²) in [7, 11) is 1.44. The second kappa shape index (κ2) is 4.70. The molecule has 0 fully saturated rings. The van der Waals surface area contributed by atoms with E-state index in [2.05, 4.69) is 29.4 Å². The van der Waals surface area contributed by atoms with E-state index in [1.165, 1.54) is 23.8 Å². The molecule has 0 bridgehead atoms. The standard InChI is InChI=1S/C15H18N2O2/c1-3-11-14-10(8-13(16-11)15(18)19-2)9-6-4-5-7-12(9)17-14/h4-7,11,13,16-17H,3,8H2,1-2H3/t11-,13-/m1/s1. The Morgan fingerprint density at radius 1 is 1.42 bits per heavy atom. The SMILES string of the molecule is CC[C@H]1N[C@@H](C(=O)OC)Cc2c1[nH]c1ccccc21. The van der Waals surface area contributed by atoms with E-state index >= 15 is 0 Å². The number of para-hydroxylation sites is 1. The molecule has 0 aliphatic carbocycles. The second-order valence-corrected chi connectivity index (χ2v) is 4.97. The van der Waals surface area contributed by atoms with E-state index in [9.17, 15) is 4.79 Å². The number of esters is 1. The summed E-state index contributed by atoms with van der Waals surface area (Å²) in [6.45, 7) is 2.12. The van der Waals surface area contributed by atoms with E-state index in [0.717, 1.165) is 11.9 Å². The van der Waals surface area contributed by atoms with Gasteiger partial charge in [-0.25, -0.2) is 0 Å². The monoisotopic (exact) mass is 258 g/mol. The highest BCUT2D eigenvalue weighted by atomic mass is 16.5. The van der Waals surface area contributed by atoms with Crippen LogP contribution in [0.5, 0.6) is 0 Å². The van der Waals surface area contributed by atoms with Gasteiger partial charge in [0.05, 0.1) is 7.11 Å². The molecule has 0 amide bonds. The fourth-order valence-corrected chi connectivity index (χ4v) is 2.94. The van der Waals surface area contributed by atoms with Crippen molar-refractivity contribution in [1.29, 1.82) is 0 Å². The van der Waals surface area contributed by atoms with Gasteiger partial charge in [0.2, 0.25) is 0 Å². The van der Waals surface area contributed by atoms with Crippen molar-refractivity contribution in [1.82, 2.24) is 10.3 Å². The summed E-state index contributed by atoms with van der Waals surface area (Å²) in [5, 5.41) is 4.58. The molecule has 0 saturated heterocycles. The first kappa shape index (κ1) is 12.2. The van der Waals surface area contributed by atoms with Crippen molar-refractivity contribution >= 4 is 16.9 Å². The fraction of sp³-hybridized carbons (Fsp3) is 0.400. The van der Waals surface area contributed by atoms with Crippen molar-refractivity contribution in [2.45, 2.75) is 31.8 Å². The van der Waals surface area contributed by atoms with Gasteiger partial charge in [0.15, 0.2) is 0 Å². The van der Waals surface area contributed by atoms with Crippen LogP contribution in [0, 0.1) is 0 Å². The average molecular weight is 258 g/mol. The number of methoxy groups -OCH3 is 1. The summed E-state index contributed by atoms with van der Waals surface area (Å²) in [5.74, 6) is -0.186. The van der Waals surface area contributed by atoms with Gasteiger partial charge in [-0.2, -0.15) is 0 Å². The molecule has 4 nitrogen and oxygen atoms in total. The Morgan fingerprint density at radius 2 is 2.21 bits per heavy atom. The molecule has 3 rings (SSSR count). The van der Waals surface area contributed by atoms with Crippen LogP contribution in [0.2, 0.25) is 0 Å². The summed E-state index contributed by atoms with van der Waals surface area (Å²) in [5.41, 5.74) is 3.60. The Labute approximate surface area is 112 Å². The van der Waals surface area contributed by atoms with Crippen LogP contribution >= 0.6 is 0 Å². The van der Waals surface area contributed by atoms with Gasteiger partial charge in [-0.15, -0.1) is 0 Å². The zero-order valence-electron chi connectivity index (χ0n) is 11.2. The van der Waals surface area contributed by atoms with Gasteiger partial charge in [-0.3, -0.25) is 10.1 Å². The Balaban J connectivity index is 2.09. The van der Waals surface area contributed by atoms with E-state index in [0.29, 0.717) is 6.42 Å². The quantitative estimate of drug-likeness (QED) is 0.813. The molecule has 2 aromatic rings. The minimum atomic E-state index is -0.248. The van der Waals surface area contributed by atoms with Gasteiger partial charge < -0.3 is 9.72 Å². The normalized spacial score (nSPS) is 22.2. The molecule has 4 heteroatoms. The molecule has 1 aliphatic rings. The highest BCUT2D eigenvalue weighted by molar-refractivity contribution is 5.87. The van der Waals surface area contributed by atoms with Crippen molar-refractivity contribution in [2.24, 2.45) is 0 Å². The molecule has 2 N–H and O–H groups in total. The predicted molar refractivity (Wildman–Crippen MR) is 74.0 cm³/mol. The van der Waals surface area contributed by atoms with Crippen molar-refractivity contribution in [3.63, 3.8) is 0 Å². The Morgan fingerprint density at radius 3 is 2.95 bits per heavy atom. The number of rotatable bonds is 2. The third-order valence-corrected chi connectivity index (χ3v) is 3.90. The lowest BCUT2D eigenvalue weighted by Gasteiger charge is -2.29. The number of benzene rings is 1. The van der Waals surface area contributed by atoms with Gasteiger partial charge >= 0.3 is 5.97 Å². The zero-order valence-corrected chi connectivity index (χ0v) is 11.2. The topological polar surface area (TPSA) is 54.1 Å². The smallest absolute Gasteiger partial charge is 0.323 e. The van der Waals surface area contributed by atoms with Crippen molar-refractivity contribution in [3.8, 4) is 0 Å². The second-order valence-electron chi connectivity index (χ2n) is 4.97. The number of nitrogens with one attached hydrogen (secondary N) is 2. The van der Waals surface area contributed by atoms with Crippen LogP contribution in [-0.2, 0) is 16.0 Å². The number of fused-ring (bicyclic) bond motifs is 3. The molecule has 1 aliphatic heterocycles. The van der Waals surface area contributed by atoms with Crippen LogP contribution in [0.25, 0.3) is 10.9 Å². The van der Waals surface area contributed by atoms with Crippen LogP contribution in [0.3, 0.4) is 0 Å². The maximum absolute atomic E-state index is 11.8. The minimum absolute atomic E-state index is 0.181. The Bertz CT molecular complexity index is 618. The number of aromatic amines is 1. The van der Waals surface area contributed by atoms with Gasteiger partial charge in [0.25, 0.3) is 0 Å². The molecule has 19 heavy (non-hydrogen) atoms. The third kappa shape index (κ3) is 1.92. The molecule has 100 valence electrons. The van der Waals surface area contributed by atoms with E-state index in [1.807, 2.05) is 12.1 Å². The summed E-state index contributed by atoms with van der Waals surface area (Å²) < 4.78 is 4.87. The lowest BCUT2D eigenvalue weighted by Crippen LogP contribution is -2.45. The average Bonchev–Trinajstić information content (AvgIpc) is 2.84. The number of hydrogen-bond acceptors (Lipinski definition) is 3. The van der Waals surface area contributed by atoms with Gasteiger partial charge in [-0.05, 0) is 18.1 Å². The Kier molecular flexibility index (Phi) is 3.03. The van der Waals surface area contributed by atoms with Gasteiger partial charge in [-0.1, -0.05) is 25.1 Å². The Hall–Kier alpha value is -1.81. The molecule has 0 spiro atoms. The number of ether oxygens (including phenoxy) is 1. The van der Waals surface area contributed by atoms with E-state index in [4.69, 9.17) is 4.74 Å². The van der Waals surface area contributed by atoms with Crippen molar-refractivity contribution < 1.29 is 9.53 Å². The van der Waals surface area contributed by atoms with Gasteiger partial charge in [0, 0.05) is 29.1 Å². The number of hydrogen-bond donors (Lipinski definition) is 2. The first-order chi connectivity index (χ1) is 9.24. The highest BCUT2D eigenvalue weighted by Crippen LogP contribution is 2.33.